The van der Waals surface area contributed by atoms with Gasteiger partial charge in [0.05, 0.1) is 8.41 Å². The summed E-state index contributed by atoms with van der Waals surface area (Å²) in [7, 11) is 0. The average molecular weight is 256 g/mol. The summed E-state index contributed by atoms with van der Waals surface area (Å²) < 4.78 is 0. The molecule has 4 heavy (non-hydrogen) atoms. The zero-order valence-electron chi connectivity index (χ0n) is 1.62. The second-order valence-electron chi connectivity index (χ2n) is 0. The molecule has 0 spiro atoms. The van der Waals surface area contributed by atoms with E-state index in [1.165, 1.54) is 0 Å². The van der Waals surface area contributed by atoms with E-state index in [-0.39, 0.29) is 66.0 Å². The van der Waals surface area contributed by atoms with Gasteiger partial charge in [-0.2, -0.15) is 0 Å². The van der Waals surface area contributed by atoms with Crippen LogP contribution in [0.25, 0.3) is 0 Å². The molecule has 0 N–H and O–H groups in total. The summed E-state index contributed by atoms with van der Waals surface area (Å²) in [6.07, 6.45) is 0. The molecule has 0 aliphatic heterocycles. The molecule has 0 saturated heterocycles. The van der Waals surface area contributed by atoms with Crippen LogP contribution in [-0.2, 0) is 40.5 Å². The molecule has 22 valence electrons. The predicted octanol–water partition coefficient (Wildman–Crippen LogP) is -2.11. The van der Waals surface area contributed by atoms with Crippen LogP contribution in [0, 0.1) is 0 Å². The molecule has 4 heteroatoms. The predicted molar refractivity (Wildman–Crippen MR) is 18.5 cm³/mol. The van der Waals surface area contributed by atoms with E-state index in [2.05, 4.69) is 0 Å². The van der Waals surface area contributed by atoms with E-state index in [9.17, 15) is 0 Å². The minimum atomic E-state index is 0. The van der Waals surface area contributed by atoms with Gasteiger partial charge in [0.25, 0.3) is 0 Å². The molecule has 0 bridgehead atoms. The van der Waals surface area contributed by atoms with Gasteiger partial charge < -0.3 is 0 Å². The summed E-state index contributed by atoms with van der Waals surface area (Å²) in [6.45, 7) is 0. The van der Waals surface area contributed by atoms with Crippen molar-refractivity contribution in [1.82, 2.24) is 0 Å². The summed E-state index contributed by atoms with van der Waals surface area (Å²) in [6, 6.07) is 0. The maximum atomic E-state index is 0. The first kappa shape index (κ1) is 39.3. The van der Waals surface area contributed by atoms with Crippen LogP contribution in [0.3, 0.4) is 0 Å². The van der Waals surface area contributed by atoms with Crippen molar-refractivity contribution in [2.45, 2.75) is 0 Å². The van der Waals surface area contributed by atoms with Crippen molar-refractivity contribution in [2.75, 3.05) is 0 Å². The Morgan fingerprint density at radius 2 is 1.00 bits per heavy atom. The van der Waals surface area contributed by atoms with Gasteiger partial charge in [0, 0.05) is 40.5 Å². The average Bonchev–Trinajstić information content (AvgIpc) is 0. The number of hydrogen-bond acceptors (Lipinski definition) is 0. The van der Waals surface area contributed by atoms with Crippen LogP contribution in [0.2, 0.25) is 0 Å². The molecule has 0 atom stereocenters. The SMILES string of the molecule is B.[Mo].[SeH2].[Zn]. The van der Waals surface area contributed by atoms with Crippen LogP contribution < -0.4 is 0 Å². The van der Waals surface area contributed by atoms with Gasteiger partial charge in [0.15, 0.2) is 0 Å². The maximum absolute atomic E-state index is 0. The molecule has 0 fully saturated rings. The maximum Gasteiger partial charge on any atom is 0 e. The molecule has 0 aliphatic rings. The molecule has 0 aromatic carbocycles. The minimum Gasteiger partial charge on any atom is 0 e. The summed E-state index contributed by atoms with van der Waals surface area (Å²) >= 11 is 0. The van der Waals surface area contributed by atoms with E-state index in [0.717, 1.165) is 0 Å². The molecule has 0 amide bonds. The van der Waals surface area contributed by atoms with Gasteiger partial charge in [0.2, 0.25) is 0 Å². The topological polar surface area (TPSA) is 0 Å². The first-order chi connectivity index (χ1) is 0. The summed E-state index contributed by atoms with van der Waals surface area (Å²) in [5.74, 6) is 0. The van der Waals surface area contributed by atoms with Crippen LogP contribution in [0.5, 0.6) is 0 Å². The van der Waals surface area contributed by atoms with Crippen molar-refractivity contribution in [2.24, 2.45) is 0 Å². The summed E-state index contributed by atoms with van der Waals surface area (Å²) in [4.78, 5) is 0. The van der Waals surface area contributed by atoms with Crippen LogP contribution in [0.15, 0.2) is 0 Å². The number of hydrogen-bond donors (Lipinski definition) is 0. The molecular formula is H5BMoSeZn. The molecule has 0 unspecified atom stereocenters. The van der Waals surface area contributed by atoms with Gasteiger partial charge in [-0.1, -0.05) is 0 Å². The second-order valence-corrected chi connectivity index (χ2v) is 0. The molecular weight excluding hydrogens is 251 g/mol. The van der Waals surface area contributed by atoms with E-state index in [0.29, 0.717) is 0 Å². The van der Waals surface area contributed by atoms with E-state index in [1.807, 2.05) is 0 Å². The van der Waals surface area contributed by atoms with Crippen molar-refractivity contribution in [1.29, 1.82) is 0 Å². The fraction of sp³-hybridized carbons (Fsp3) is 0. The Bertz CT molecular complexity index is 8.00. The first-order valence-corrected chi connectivity index (χ1v) is 0. The van der Waals surface area contributed by atoms with Crippen molar-refractivity contribution in [3.05, 3.63) is 0 Å². The Balaban J connectivity index is 0. The van der Waals surface area contributed by atoms with Crippen molar-refractivity contribution in [3.8, 4) is 0 Å². The van der Waals surface area contributed by atoms with Crippen molar-refractivity contribution < 1.29 is 40.5 Å². The molecule has 0 aromatic rings. The van der Waals surface area contributed by atoms with Gasteiger partial charge in [-0.25, -0.2) is 0 Å². The van der Waals surface area contributed by atoms with E-state index in [1.54, 1.807) is 0 Å². The molecule has 0 radical (unpaired) electrons. The van der Waals surface area contributed by atoms with Gasteiger partial charge in [0.1, 0.15) is 0 Å². The van der Waals surface area contributed by atoms with Gasteiger partial charge in [-0.15, -0.1) is 0 Å². The van der Waals surface area contributed by atoms with E-state index in [4.69, 9.17) is 0 Å². The monoisotopic (exact) mass is 258 g/mol. The zero-order valence-corrected chi connectivity index (χ0v) is 8.69. The molecule has 0 rings (SSSR count). The first-order valence-electron chi connectivity index (χ1n) is 0. The molecule has 0 aromatic heterocycles. The van der Waals surface area contributed by atoms with E-state index < -0.39 is 0 Å². The normalized spacial score (nSPS) is 0. The third kappa shape index (κ3) is 9.09. The second kappa shape index (κ2) is 20.7. The standard InChI is InChI=1S/BH3.Mo.H2Se.Zn/h1H3;;1H2;. The molecule has 0 nitrogen and oxygen atoms in total. The minimum absolute atomic E-state index is 0. The Labute approximate surface area is 65.6 Å². The van der Waals surface area contributed by atoms with Crippen LogP contribution in [-0.4, -0.2) is 25.5 Å². The van der Waals surface area contributed by atoms with Gasteiger partial charge in [-0.05, 0) is 0 Å². The van der Waals surface area contributed by atoms with Crippen molar-refractivity contribution >= 4 is 25.5 Å². The van der Waals surface area contributed by atoms with Gasteiger partial charge >= 0.3 is 17.1 Å². The summed E-state index contributed by atoms with van der Waals surface area (Å²) in [5.41, 5.74) is 0. The third-order valence-corrected chi connectivity index (χ3v) is 0. The Hall–Kier alpha value is 1.90. The van der Waals surface area contributed by atoms with Crippen LogP contribution >= 0.6 is 0 Å². The molecule has 0 heterocycles. The van der Waals surface area contributed by atoms with Crippen LogP contribution in [0.4, 0.5) is 0 Å². The van der Waals surface area contributed by atoms with Crippen molar-refractivity contribution in [3.63, 3.8) is 0 Å². The third-order valence-electron chi connectivity index (χ3n) is 0. The molecule has 0 aliphatic carbocycles. The van der Waals surface area contributed by atoms with Crippen LogP contribution in [0.1, 0.15) is 0 Å². The largest absolute Gasteiger partial charge is 0 e. The fourth-order valence-electron chi connectivity index (χ4n) is 0. The van der Waals surface area contributed by atoms with Gasteiger partial charge in [-0.3, -0.25) is 0 Å². The Morgan fingerprint density at radius 3 is 1.00 bits per heavy atom. The zero-order chi connectivity index (χ0) is 0. The molecule has 0 saturated carbocycles. The Kier molecular flexibility index (Phi) is 203. The summed E-state index contributed by atoms with van der Waals surface area (Å²) in [5, 5.41) is 0. The van der Waals surface area contributed by atoms with E-state index >= 15 is 0 Å². The smallest absolute Gasteiger partial charge is 0 e. The number of rotatable bonds is 0. The quantitative estimate of drug-likeness (QED) is 0.435. The Morgan fingerprint density at radius 1 is 1.00 bits per heavy atom. The fourth-order valence-corrected chi connectivity index (χ4v) is 0.